The van der Waals surface area contributed by atoms with Gasteiger partial charge in [-0.2, -0.15) is 0 Å². The van der Waals surface area contributed by atoms with Gasteiger partial charge in [0.25, 0.3) is 0 Å². The Bertz CT molecular complexity index is 390. The summed E-state index contributed by atoms with van der Waals surface area (Å²) in [6.45, 7) is 0.639. The minimum atomic E-state index is -0.989. The Morgan fingerprint density at radius 3 is 3.13 bits per heavy atom. The zero-order valence-electron chi connectivity index (χ0n) is 8.07. The maximum absolute atomic E-state index is 10.4. The molecular formula is C11H11ClO3. The highest BCUT2D eigenvalue weighted by molar-refractivity contribution is 6.30. The van der Waals surface area contributed by atoms with Crippen molar-refractivity contribution in [1.82, 2.24) is 0 Å². The van der Waals surface area contributed by atoms with Crippen molar-refractivity contribution in [2.45, 2.75) is 18.9 Å². The second-order valence-electron chi connectivity index (χ2n) is 3.56. The van der Waals surface area contributed by atoms with Crippen LogP contribution in [0.1, 0.15) is 11.1 Å². The molecule has 0 radical (unpaired) electrons. The number of hydrogen-bond donors (Lipinski definition) is 1. The number of aliphatic hydroxyl groups is 1. The molecule has 0 fully saturated rings. The minimum Gasteiger partial charge on any atom is -0.493 e. The van der Waals surface area contributed by atoms with Gasteiger partial charge in [-0.3, -0.25) is 0 Å². The molecule has 1 aliphatic rings. The SMILES string of the molecule is O=CC(O)Cc1cc(Cl)cc2c1OCC2. The standard InChI is InChI=1S/C11H11ClO3/c12-9-3-7-1-2-15-11(7)8(4-9)5-10(14)6-13/h3-4,6,10,14H,1-2,5H2. The Morgan fingerprint density at radius 2 is 2.40 bits per heavy atom. The lowest BCUT2D eigenvalue weighted by atomic mass is 10.0. The molecule has 2 rings (SSSR count). The topological polar surface area (TPSA) is 46.5 Å². The molecule has 0 bridgehead atoms. The lowest BCUT2D eigenvalue weighted by Gasteiger charge is -2.09. The van der Waals surface area contributed by atoms with Gasteiger partial charge in [-0.05, 0) is 23.3 Å². The van der Waals surface area contributed by atoms with Gasteiger partial charge >= 0.3 is 0 Å². The number of fused-ring (bicyclic) bond motifs is 1. The molecule has 0 saturated carbocycles. The molecule has 1 heterocycles. The van der Waals surface area contributed by atoms with Crippen molar-refractivity contribution in [2.24, 2.45) is 0 Å². The average Bonchev–Trinajstić information content (AvgIpc) is 2.65. The number of aliphatic hydroxyl groups excluding tert-OH is 1. The quantitative estimate of drug-likeness (QED) is 0.792. The molecule has 15 heavy (non-hydrogen) atoms. The number of hydrogen-bond acceptors (Lipinski definition) is 3. The van der Waals surface area contributed by atoms with Gasteiger partial charge in [0.15, 0.2) is 0 Å². The predicted molar refractivity (Wildman–Crippen MR) is 56.4 cm³/mol. The smallest absolute Gasteiger partial charge is 0.148 e. The predicted octanol–water partition coefficient (Wildman–Crippen LogP) is 1.38. The van der Waals surface area contributed by atoms with E-state index in [1.807, 2.05) is 6.07 Å². The average molecular weight is 227 g/mol. The highest BCUT2D eigenvalue weighted by Gasteiger charge is 2.19. The molecule has 80 valence electrons. The number of benzene rings is 1. The Balaban J connectivity index is 2.34. The van der Waals surface area contributed by atoms with E-state index in [9.17, 15) is 9.90 Å². The summed E-state index contributed by atoms with van der Waals surface area (Å²) in [5.41, 5.74) is 1.85. The summed E-state index contributed by atoms with van der Waals surface area (Å²) in [5.74, 6) is 0.778. The molecule has 4 heteroatoms. The summed E-state index contributed by atoms with van der Waals surface area (Å²) in [6, 6.07) is 3.60. The van der Waals surface area contributed by atoms with Crippen LogP contribution < -0.4 is 4.74 Å². The molecule has 0 saturated heterocycles. The number of rotatable bonds is 3. The van der Waals surface area contributed by atoms with Gasteiger partial charge in [0, 0.05) is 17.9 Å². The number of halogens is 1. The highest BCUT2D eigenvalue weighted by Crippen LogP contribution is 2.33. The molecule has 1 aliphatic heterocycles. The first-order valence-corrected chi connectivity index (χ1v) is 5.16. The van der Waals surface area contributed by atoms with E-state index in [4.69, 9.17) is 16.3 Å². The number of carbonyl (C=O) groups excluding carboxylic acids is 1. The second kappa shape index (κ2) is 4.21. The molecule has 1 atom stereocenters. The Hall–Kier alpha value is -1.06. The lowest BCUT2D eigenvalue weighted by Crippen LogP contribution is -2.12. The van der Waals surface area contributed by atoms with Crippen LogP contribution in [0.2, 0.25) is 5.02 Å². The summed E-state index contributed by atoms with van der Waals surface area (Å²) in [7, 11) is 0. The van der Waals surface area contributed by atoms with Crippen LogP contribution in [0, 0.1) is 0 Å². The van der Waals surface area contributed by atoms with Crippen LogP contribution in [0.3, 0.4) is 0 Å². The molecule has 0 aromatic heterocycles. The fourth-order valence-corrected chi connectivity index (χ4v) is 2.03. The van der Waals surface area contributed by atoms with E-state index in [-0.39, 0.29) is 6.42 Å². The molecule has 0 aliphatic carbocycles. The number of carbonyl (C=O) groups is 1. The van der Waals surface area contributed by atoms with E-state index in [1.54, 1.807) is 6.07 Å². The minimum absolute atomic E-state index is 0.256. The van der Waals surface area contributed by atoms with Gasteiger partial charge in [-0.25, -0.2) is 0 Å². The zero-order chi connectivity index (χ0) is 10.8. The van der Waals surface area contributed by atoms with Crippen molar-refractivity contribution in [1.29, 1.82) is 0 Å². The van der Waals surface area contributed by atoms with Gasteiger partial charge in [0.05, 0.1) is 6.61 Å². The zero-order valence-corrected chi connectivity index (χ0v) is 8.83. The van der Waals surface area contributed by atoms with E-state index >= 15 is 0 Å². The van der Waals surface area contributed by atoms with Crippen LogP contribution in [0.15, 0.2) is 12.1 Å². The summed E-state index contributed by atoms with van der Waals surface area (Å²) in [4.78, 5) is 10.4. The van der Waals surface area contributed by atoms with E-state index < -0.39 is 6.10 Å². The van der Waals surface area contributed by atoms with Crippen molar-refractivity contribution < 1.29 is 14.6 Å². The molecule has 0 spiro atoms. The summed E-state index contributed by atoms with van der Waals surface area (Å²) < 4.78 is 5.44. The second-order valence-corrected chi connectivity index (χ2v) is 4.00. The van der Waals surface area contributed by atoms with E-state index in [0.717, 1.165) is 23.3 Å². The first-order chi connectivity index (χ1) is 7.20. The first-order valence-electron chi connectivity index (χ1n) is 4.78. The Labute approximate surface area is 92.6 Å². The molecule has 3 nitrogen and oxygen atoms in total. The maximum Gasteiger partial charge on any atom is 0.148 e. The van der Waals surface area contributed by atoms with Crippen LogP contribution in [-0.2, 0) is 17.6 Å². The Morgan fingerprint density at radius 1 is 1.60 bits per heavy atom. The molecule has 0 amide bonds. The van der Waals surface area contributed by atoms with Gasteiger partial charge < -0.3 is 14.6 Å². The lowest BCUT2D eigenvalue weighted by molar-refractivity contribution is -0.114. The molecule has 1 aromatic rings. The van der Waals surface area contributed by atoms with Crippen molar-refractivity contribution >= 4 is 17.9 Å². The third-order valence-corrected chi connectivity index (χ3v) is 2.63. The van der Waals surface area contributed by atoms with Crippen molar-refractivity contribution in [3.63, 3.8) is 0 Å². The normalized spacial score (nSPS) is 15.6. The van der Waals surface area contributed by atoms with Crippen LogP contribution in [-0.4, -0.2) is 24.1 Å². The van der Waals surface area contributed by atoms with E-state index in [1.165, 1.54) is 0 Å². The van der Waals surface area contributed by atoms with Crippen molar-refractivity contribution in [2.75, 3.05) is 6.61 Å². The van der Waals surface area contributed by atoms with Gasteiger partial charge in [0.2, 0.25) is 0 Å². The summed E-state index contributed by atoms with van der Waals surface area (Å²) in [6.07, 6.45) is 0.617. The molecular weight excluding hydrogens is 216 g/mol. The third-order valence-electron chi connectivity index (χ3n) is 2.41. The fraction of sp³-hybridized carbons (Fsp3) is 0.364. The molecule has 1 unspecified atom stereocenters. The van der Waals surface area contributed by atoms with Crippen LogP contribution in [0.5, 0.6) is 5.75 Å². The fourth-order valence-electron chi connectivity index (χ4n) is 1.77. The molecule has 1 N–H and O–H groups in total. The highest BCUT2D eigenvalue weighted by atomic mass is 35.5. The first kappa shape index (κ1) is 10.5. The van der Waals surface area contributed by atoms with Crippen LogP contribution in [0.4, 0.5) is 0 Å². The van der Waals surface area contributed by atoms with Gasteiger partial charge in [-0.15, -0.1) is 0 Å². The summed E-state index contributed by atoms with van der Waals surface area (Å²) >= 11 is 5.93. The van der Waals surface area contributed by atoms with E-state index in [0.29, 0.717) is 17.9 Å². The molecule has 1 aromatic carbocycles. The van der Waals surface area contributed by atoms with Gasteiger partial charge in [0.1, 0.15) is 18.1 Å². The number of ether oxygens (including phenoxy) is 1. The maximum atomic E-state index is 10.4. The Kier molecular flexibility index (Phi) is 2.93. The third kappa shape index (κ3) is 2.13. The van der Waals surface area contributed by atoms with Crippen molar-refractivity contribution in [3.8, 4) is 5.75 Å². The van der Waals surface area contributed by atoms with Crippen LogP contribution >= 0.6 is 11.6 Å². The van der Waals surface area contributed by atoms with E-state index in [2.05, 4.69) is 0 Å². The van der Waals surface area contributed by atoms with Crippen LogP contribution in [0.25, 0.3) is 0 Å². The number of aldehydes is 1. The largest absolute Gasteiger partial charge is 0.493 e. The van der Waals surface area contributed by atoms with Gasteiger partial charge in [-0.1, -0.05) is 11.6 Å². The monoisotopic (exact) mass is 226 g/mol. The summed E-state index contributed by atoms with van der Waals surface area (Å²) in [5, 5.41) is 9.88. The van der Waals surface area contributed by atoms with Crippen molar-refractivity contribution in [3.05, 3.63) is 28.3 Å².